The summed E-state index contributed by atoms with van der Waals surface area (Å²) in [5.41, 5.74) is 1.21. The molecule has 28 heavy (non-hydrogen) atoms. The fraction of sp³-hybridized carbons (Fsp3) is 0.316. The summed E-state index contributed by atoms with van der Waals surface area (Å²) >= 11 is 0. The third kappa shape index (κ3) is 4.43. The number of amides is 1. The Kier molecular flexibility index (Phi) is 6.64. The zero-order valence-corrected chi connectivity index (χ0v) is 16.4. The van der Waals surface area contributed by atoms with E-state index in [1.807, 2.05) is 0 Å². The Morgan fingerprint density at radius 3 is 2.14 bits per heavy atom. The molecule has 0 aliphatic rings. The standard InChI is InChI=1S/C19H23N3O6/c1-21(2)14-7-6-13(10-15(14)22(24)25)19(23)20-11-12-8-16(26-3)18(28-5)17(9-12)27-4/h6-10H,11H2,1-5H3,(H,20,23). The number of carbonyl (C=O) groups excluding carboxylic acids is 1. The van der Waals surface area contributed by atoms with E-state index in [4.69, 9.17) is 14.2 Å². The van der Waals surface area contributed by atoms with E-state index in [1.54, 1.807) is 43.3 Å². The van der Waals surface area contributed by atoms with Crippen molar-refractivity contribution in [1.29, 1.82) is 0 Å². The molecule has 9 heteroatoms. The molecule has 0 spiro atoms. The molecule has 0 heterocycles. The Hall–Kier alpha value is -3.49. The second-order valence-corrected chi connectivity index (χ2v) is 6.07. The molecule has 0 bridgehead atoms. The summed E-state index contributed by atoms with van der Waals surface area (Å²) in [7, 11) is 7.92. The number of nitrogens with one attached hydrogen (secondary N) is 1. The Balaban J connectivity index is 2.23. The molecular weight excluding hydrogens is 366 g/mol. The maximum atomic E-state index is 12.5. The van der Waals surface area contributed by atoms with Crippen LogP contribution in [0.2, 0.25) is 0 Å². The average Bonchev–Trinajstić information content (AvgIpc) is 2.70. The number of benzene rings is 2. The molecule has 0 radical (unpaired) electrons. The van der Waals surface area contributed by atoms with Gasteiger partial charge in [0, 0.05) is 32.3 Å². The average molecular weight is 389 g/mol. The van der Waals surface area contributed by atoms with E-state index in [2.05, 4.69) is 5.32 Å². The highest BCUT2D eigenvalue weighted by molar-refractivity contribution is 5.95. The second-order valence-electron chi connectivity index (χ2n) is 6.07. The summed E-state index contributed by atoms with van der Waals surface area (Å²) in [6, 6.07) is 7.80. The minimum Gasteiger partial charge on any atom is -0.493 e. The number of nitrogens with zero attached hydrogens (tertiary/aromatic N) is 2. The minimum atomic E-state index is -0.509. The van der Waals surface area contributed by atoms with Crippen molar-refractivity contribution in [2.75, 3.05) is 40.3 Å². The molecule has 0 aliphatic carbocycles. The van der Waals surface area contributed by atoms with Crippen LogP contribution in [0.5, 0.6) is 17.2 Å². The lowest BCUT2D eigenvalue weighted by Crippen LogP contribution is -2.23. The molecule has 1 amide bonds. The van der Waals surface area contributed by atoms with Gasteiger partial charge in [-0.15, -0.1) is 0 Å². The van der Waals surface area contributed by atoms with Gasteiger partial charge in [0.05, 0.1) is 26.3 Å². The van der Waals surface area contributed by atoms with Crippen molar-refractivity contribution < 1.29 is 23.9 Å². The number of carbonyl (C=O) groups is 1. The summed E-state index contributed by atoms with van der Waals surface area (Å²) in [5.74, 6) is 0.964. The van der Waals surface area contributed by atoms with E-state index in [1.165, 1.54) is 27.4 Å². The number of methoxy groups -OCH3 is 3. The number of hydrogen-bond donors (Lipinski definition) is 1. The van der Waals surface area contributed by atoms with Crippen LogP contribution < -0.4 is 24.4 Å². The highest BCUT2D eigenvalue weighted by Crippen LogP contribution is 2.38. The fourth-order valence-electron chi connectivity index (χ4n) is 2.71. The van der Waals surface area contributed by atoms with E-state index >= 15 is 0 Å². The predicted octanol–water partition coefficient (Wildman–Crippen LogP) is 2.62. The molecule has 150 valence electrons. The summed E-state index contributed by atoms with van der Waals surface area (Å²) in [4.78, 5) is 24.9. The molecule has 2 aromatic carbocycles. The normalized spacial score (nSPS) is 10.2. The van der Waals surface area contributed by atoms with Crippen LogP contribution in [0.4, 0.5) is 11.4 Å². The summed E-state index contributed by atoms with van der Waals surface area (Å²) in [6.07, 6.45) is 0. The van der Waals surface area contributed by atoms with Crippen LogP contribution in [0.15, 0.2) is 30.3 Å². The molecule has 0 aromatic heterocycles. The van der Waals surface area contributed by atoms with E-state index in [0.717, 1.165) is 5.56 Å². The van der Waals surface area contributed by atoms with Crippen molar-refractivity contribution in [1.82, 2.24) is 5.32 Å². The van der Waals surface area contributed by atoms with Crippen LogP contribution in [-0.4, -0.2) is 46.3 Å². The van der Waals surface area contributed by atoms with E-state index in [0.29, 0.717) is 22.9 Å². The van der Waals surface area contributed by atoms with Crippen LogP contribution in [0.3, 0.4) is 0 Å². The van der Waals surface area contributed by atoms with Gasteiger partial charge < -0.3 is 24.4 Å². The first-order chi connectivity index (χ1) is 13.3. The van der Waals surface area contributed by atoms with Crippen molar-refractivity contribution in [3.8, 4) is 17.2 Å². The SMILES string of the molecule is COc1cc(CNC(=O)c2ccc(N(C)C)c([N+](=O)[O-])c2)cc(OC)c1OC. The van der Waals surface area contributed by atoms with Crippen LogP contribution in [0, 0.1) is 10.1 Å². The molecule has 0 fully saturated rings. The zero-order chi connectivity index (χ0) is 20.8. The van der Waals surface area contributed by atoms with Crippen molar-refractivity contribution in [3.63, 3.8) is 0 Å². The highest BCUT2D eigenvalue weighted by atomic mass is 16.6. The highest BCUT2D eigenvalue weighted by Gasteiger charge is 2.19. The first kappa shape index (κ1) is 20.8. The van der Waals surface area contributed by atoms with Crippen molar-refractivity contribution in [3.05, 3.63) is 51.6 Å². The molecule has 1 N–H and O–H groups in total. The minimum absolute atomic E-state index is 0.134. The van der Waals surface area contributed by atoms with E-state index in [-0.39, 0.29) is 17.8 Å². The number of ether oxygens (including phenoxy) is 3. The monoisotopic (exact) mass is 389 g/mol. The lowest BCUT2D eigenvalue weighted by molar-refractivity contribution is -0.384. The van der Waals surface area contributed by atoms with Crippen LogP contribution in [-0.2, 0) is 6.54 Å². The first-order valence-electron chi connectivity index (χ1n) is 8.35. The van der Waals surface area contributed by atoms with Crippen LogP contribution in [0.25, 0.3) is 0 Å². The lowest BCUT2D eigenvalue weighted by atomic mass is 10.1. The number of nitro benzene ring substituents is 1. The Bertz CT molecular complexity index is 857. The topological polar surface area (TPSA) is 103 Å². The number of nitro groups is 1. The molecule has 0 saturated carbocycles. The molecule has 0 saturated heterocycles. The summed E-state index contributed by atoms with van der Waals surface area (Å²) in [5, 5.41) is 14.0. The van der Waals surface area contributed by atoms with Gasteiger partial charge in [-0.3, -0.25) is 14.9 Å². The third-order valence-corrected chi connectivity index (χ3v) is 4.09. The number of hydrogen-bond acceptors (Lipinski definition) is 7. The Morgan fingerprint density at radius 1 is 1.07 bits per heavy atom. The lowest BCUT2D eigenvalue weighted by Gasteiger charge is -2.15. The van der Waals surface area contributed by atoms with Crippen LogP contribution >= 0.6 is 0 Å². The van der Waals surface area contributed by atoms with Gasteiger partial charge in [-0.2, -0.15) is 0 Å². The van der Waals surface area contributed by atoms with Gasteiger partial charge in [-0.05, 0) is 29.8 Å². The smallest absolute Gasteiger partial charge is 0.293 e. The van der Waals surface area contributed by atoms with Crippen molar-refractivity contribution >= 4 is 17.3 Å². The van der Waals surface area contributed by atoms with Gasteiger partial charge in [-0.25, -0.2) is 0 Å². The zero-order valence-electron chi connectivity index (χ0n) is 16.4. The largest absolute Gasteiger partial charge is 0.493 e. The third-order valence-electron chi connectivity index (χ3n) is 4.09. The molecule has 0 unspecified atom stereocenters. The quantitative estimate of drug-likeness (QED) is 0.547. The number of rotatable bonds is 8. The van der Waals surface area contributed by atoms with Crippen molar-refractivity contribution in [2.24, 2.45) is 0 Å². The van der Waals surface area contributed by atoms with Gasteiger partial charge in [0.15, 0.2) is 11.5 Å². The van der Waals surface area contributed by atoms with Gasteiger partial charge in [-0.1, -0.05) is 0 Å². The molecule has 2 aromatic rings. The van der Waals surface area contributed by atoms with Crippen LogP contribution in [0.1, 0.15) is 15.9 Å². The van der Waals surface area contributed by atoms with Gasteiger partial charge in [0.2, 0.25) is 5.75 Å². The molecule has 0 aliphatic heterocycles. The maximum absolute atomic E-state index is 12.5. The number of anilines is 1. The summed E-state index contributed by atoms with van der Waals surface area (Å²) in [6.45, 7) is 0.179. The fourth-order valence-corrected chi connectivity index (χ4v) is 2.71. The molecule has 0 atom stereocenters. The van der Waals surface area contributed by atoms with Crippen molar-refractivity contribution in [2.45, 2.75) is 6.54 Å². The summed E-state index contributed by atoms with van der Waals surface area (Å²) < 4.78 is 15.9. The maximum Gasteiger partial charge on any atom is 0.293 e. The predicted molar refractivity (Wildman–Crippen MR) is 105 cm³/mol. The Morgan fingerprint density at radius 2 is 1.68 bits per heavy atom. The van der Waals surface area contributed by atoms with Gasteiger partial charge in [0.25, 0.3) is 11.6 Å². The second kappa shape index (κ2) is 8.94. The van der Waals surface area contributed by atoms with E-state index in [9.17, 15) is 14.9 Å². The molecule has 9 nitrogen and oxygen atoms in total. The van der Waals surface area contributed by atoms with E-state index < -0.39 is 10.8 Å². The Labute approximate surface area is 163 Å². The molecular formula is C19H23N3O6. The first-order valence-corrected chi connectivity index (χ1v) is 8.35. The molecule has 2 rings (SSSR count). The van der Waals surface area contributed by atoms with Gasteiger partial charge >= 0.3 is 0 Å². The van der Waals surface area contributed by atoms with Gasteiger partial charge in [0.1, 0.15) is 5.69 Å².